The summed E-state index contributed by atoms with van der Waals surface area (Å²) in [6, 6.07) is 1.93. The van der Waals surface area contributed by atoms with Crippen LogP contribution in [0.5, 0.6) is 0 Å². The summed E-state index contributed by atoms with van der Waals surface area (Å²) in [6.45, 7) is 8.10. The second-order valence-corrected chi connectivity index (χ2v) is 5.80. The molecule has 5 heteroatoms. The Balaban J connectivity index is 2.25. The Bertz CT molecular complexity index is 518. The summed E-state index contributed by atoms with van der Waals surface area (Å²) in [5.74, 6) is 6.06. The largest absolute Gasteiger partial charge is 0.496 e. The van der Waals surface area contributed by atoms with Crippen LogP contribution in [0.25, 0.3) is 0 Å². The van der Waals surface area contributed by atoms with Gasteiger partial charge >= 0.3 is 7.12 Å². The fraction of sp³-hybridized carbons (Fsp3) is 0.500. The van der Waals surface area contributed by atoms with Crippen molar-refractivity contribution in [1.29, 1.82) is 0 Å². The molecule has 100 valence electrons. The fourth-order valence-corrected chi connectivity index (χ4v) is 1.84. The first-order valence-electron chi connectivity index (χ1n) is 6.21. The molecule has 0 spiro atoms. The van der Waals surface area contributed by atoms with E-state index in [1.54, 1.807) is 12.4 Å². The molecule has 0 amide bonds. The van der Waals surface area contributed by atoms with Crippen LogP contribution in [0.1, 0.15) is 33.3 Å². The summed E-state index contributed by atoms with van der Waals surface area (Å²) in [4.78, 5) is 4.17. The second-order valence-electron chi connectivity index (χ2n) is 5.53. The van der Waals surface area contributed by atoms with Crippen LogP contribution in [0.3, 0.4) is 0 Å². The normalized spacial score (nSPS) is 19.9. The van der Waals surface area contributed by atoms with Crippen molar-refractivity contribution in [2.24, 2.45) is 0 Å². The van der Waals surface area contributed by atoms with Gasteiger partial charge in [0, 0.05) is 23.4 Å². The lowest BCUT2D eigenvalue weighted by molar-refractivity contribution is 0.00578. The molecule has 1 aromatic heterocycles. The van der Waals surface area contributed by atoms with E-state index < -0.39 is 7.12 Å². The number of nitrogens with zero attached hydrogens (tertiary/aromatic N) is 1. The lowest BCUT2D eigenvalue weighted by Crippen LogP contribution is -2.41. The summed E-state index contributed by atoms with van der Waals surface area (Å²) in [5, 5.41) is 0. The van der Waals surface area contributed by atoms with Crippen molar-refractivity contribution >= 4 is 24.2 Å². The average molecular weight is 278 g/mol. The zero-order valence-electron chi connectivity index (χ0n) is 11.7. The fourth-order valence-electron chi connectivity index (χ4n) is 1.77. The molecular weight excluding hydrogens is 260 g/mol. The highest BCUT2D eigenvalue weighted by atomic mass is 35.5. The molecule has 0 aliphatic carbocycles. The maximum atomic E-state index is 5.97. The van der Waals surface area contributed by atoms with Gasteiger partial charge in [-0.3, -0.25) is 4.98 Å². The molecule has 1 aromatic rings. The number of rotatable bonds is 1. The van der Waals surface area contributed by atoms with Crippen molar-refractivity contribution in [1.82, 2.24) is 4.98 Å². The summed E-state index contributed by atoms with van der Waals surface area (Å²) in [7, 11) is -0.407. The van der Waals surface area contributed by atoms with Gasteiger partial charge < -0.3 is 9.31 Å². The zero-order valence-corrected chi connectivity index (χ0v) is 12.4. The molecular formula is C14H17BClNO2. The van der Waals surface area contributed by atoms with Crippen LogP contribution in [0, 0.1) is 11.8 Å². The van der Waals surface area contributed by atoms with Crippen LogP contribution in [0.4, 0.5) is 0 Å². The Labute approximate surface area is 119 Å². The van der Waals surface area contributed by atoms with E-state index >= 15 is 0 Å². The minimum absolute atomic E-state index is 0.306. The molecule has 0 saturated carbocycles. The van der Waals surface area contributed by atoms with E-state index in [1.165, 1.54) is 0 Å². The van der Waals surface area contributed by atoms with Crippen LogP contribution < -0.4 is 5.46 Å². The summed E-state index contributed by atoms with van der Waals surface area (Å²) in [6.07, 6.45) is 3.45. The molecule has 0 atom stereocenters. The Hall–Kier alpha value is -1.02. The smallest absolute Gasteiger partial charge is 0.399 e. The highest BCUT2D eigenvalue weighted by Crippen LogP contribution is 2.36. The molecule has 0 N–H and O–H groups in total. The van der Waals surface area contributed by atoms with Gasteiger partial charge in [0.2, 0.25) is 0 Å². The number of alkyl halides is 1. The van der Waals surface area contributed by atoms with Gasteiger partial charge in [0.05, 0.1) is 17.1 Å². The molecule has 19 heavy (non-hydrogen) atoms. The third-order valence-corrected chi connectivity index (χ3v) is 3.72. The third kappa shape index (κ3) is 2.95. The SMILES string of the molecule is CC1(C)OB(c2cncc(C#CCCl)c2)OC1(C)C. The van der Waals surface area contributed by atoms with Crippen molar-refractivity contribution in [3.05, 3.63) is 24.0 Å². The van der Waals surface area contributed by atoms with E-state index in [0.29, 0.717) is 5.88 Å². The van der Waals surface area contributed by atoms with Gasteiger partial charge in [-0.05, 0) is 33.8 Å². The van der Waals surface area contributed by atoms with E-state index in [2.05, 4.69) is 16.8 Å². The number of hydrogen-bond acceptors (Lipinski definition) is 3. The molecule has 1 aliphatic rings. The van der Waals surface area contributed by atoms with Gasteiger partial charge in [0.25, 0.3) is 0 Å². The molecule has 3 nitrogen and oxygen atoms in total. The Morgan fingerprint density at radius 3 is 2.42 bits per heavy atom. The highest BCUT2D eigenvalue weighted by Gasteiger charge is 2.51. The maximum Gasteiger partial charge on any atom is 0.496 e. The topological polar surface area (TPSA) is 31.4 Å². The van der Waals surface area contributed by atoms with Crippen molar-refractivity contribution in [2.45, 2.75) is 38.9 Å². The lowest BCUT2D eigenvalue weighted by Gasteiger charge is -2.32. The summed E-state index contributed by atoms with van der Waals surface area (Å²) < 4.78 is 11.9. The molecule has 2 heterocycles. The van der Waals surface area contributed by atoms with Crippen molar-refractivity contribution in [3.63, 3.8) is 0 Å². The van der Waals surface area contributed by atoms with E-state index in [1.807, 2.05) is 33.8 Å². The second kappa shape index (κ2) is 5.17. The molecule has 0 unspecified atom stereocenters. The van der Waals surface area contributed by atoms with E-state index in [4.69, 9.17) is 20.9 Å². The van der Waals surface area contributed by atoms with Gasteiger partial charge in [-0.25, -0.2) is 0 Å². The molecule has 1 aliphatic heterocycles. The molecule has 0 bridgehead atoms. The predicted molar refractivity (Wildman–Crippen MR) is 77.6 cm³/mol. The van der Waals surface area contributed by atoms with Crippen LogP contribution in [-0.2, 0) is 9.31 Å². The minimum atomic E-state index is -0.407. The van der Waals surface area contributed by atoms with Gasteiger partial charge in [-0.2, -0.15) is 0 Å². The molecule has 0 aromatic carbocycles. The van der Waals surface area contributed by atoms with Gasteiger partial charge in [0.15, 0.2) is 0 Å². The quantitative estimate of drug-likeness (QED) is 0.447. The molecule has 2 rings (SSSR count). The number of aromatic nitrogens is 1. The Morgan fingerprint density at radius 1 is 1.21 bits per heavy atom. The maximum absolute atomic E-state index is 5.97. The van der Waals surface area contributed by atoms with Gasteiger partial charge in [0.1, 0.15) is 0 Å². The van der Waals surface area contributed by atoms with Gasteiger partial charge in [-0.1, -0.05) is 11.8 Å². The molecule has 1 fully saturated rings. The van der Waals surface area contributed by atoms with Crippen molar-refractivity contribution < 1.29 is 9.31 Å². The predicted octanol–water partition coefficient (Wildman–Crippen LogP) is 1.97. The van der Waals surface area contributed by atoms with Crippen molar-refractivity contribution in [2.75, 3.05) is 5.88 Å². The zero-order chi connectivity index (χ0) is 14.1. The number of hydrogen-bond donors (Lipinski definition) is 0. The van der Waals surface area contributed by atoms with Gasteiger partial charge in [-0.15, -0.1) is 11.6 Å². The van der Waals surface area contributed by atoms with E-state index in [-0.39, 0.29) is 11.2 Å². The average Bonchev–Trinajstić information content (AvgIpc) is 2.56. The van der Waals surface area contributed by atoms with Crippen LogP contribution in [0.2, 0.25) is 0 Å². The molecule has 0 radical (unpaired) electrons. The minimum Gasteiger partial charge on any atom is -0.399 e. The summed E-state index contributed by atoms with van der Waals surface area (Å²) >= 11 is 5.55. The van der Waals surface area contributed by atoms with Crippen LogP contribution in [-0.4, -0.2) is 29.2 Å². The monoisotopic (exact) mass is 277 g/mol. The first-order chi connectivity index (χ1) is 8.86. The Morgan fingerprint density at radius 2 is 1.84 bits per heavy atom. The first-order valence-corrected chi connectivity index (χ1v) is 6.74. The highest BCUT2D eigenvalue weighted by molar-refractivity contribution is 6.62. The number of pyridine rings is 1. The summed E-state index contributed by atoms with van der Waals surface area (Å²) in [5.41, 5.74) is 0.984. The van der Waals surface area contributed by atoms with E-state index in [9.17, 15) is 0 Å². The Kier molecular flexibility index (Phi) is 3.91. The van der Waals surface area contributed by atoms with E-state index in [0.717, 1.165) is 11.0 Å². The standard InChI is InChI=1S/C14H17BClNO2/c1-13(2)14(3,4)19-15(18-13)12-8-11(6-5-7-16)9-17-10-12/h8-10H,7H2,1-4H3. The van der Waals surface area contributed by atoms with Crippen molar-refractivity contribution in [3.8, 4) is 11.8 Å². The van der Waals surface area contributed by atoms with Crippen LogP contribution in [0.15, 0.2) is 18.5 Å². The first kappa shape index (κ1) is 14.4. The lowest BCUT2D eigenvalue weighted by atomic mass is 9.80. The number of halogens is 1. The molecule has 1 saturated heterocycles. The third-order valence-electron chi connectivity index (χ3n) is 3.58. The van der Waals surface area contributed by atoms with Crippen LogP contribution >= 0.6 is 11.6 Å².